The number of rotatable bonds is 0. The van der Waals surface area contributed by atoms with Gasteiger partial charge in [-0.25, -0.2) is 0 Å². The van der Waals surface area contributed by atoms with Crippen LogP contribution in [0.25, 0.3) is 11.1 Å². The van der Waals surface area contributed by atoms with Crippen LogP contribution >= 0.6 is 8.58 Å². The van der Waals surface area contributed by atoms with Gasteiger partial charge in [-0.15, -0.1) is 0 Å². The number of fused-ring (bicyclic) bond motifs is 3. The van der Waals surface area contributed by atoms with Gasteiger partial charge in [0.05, 0.1) is 0 Å². The van der Waals surface area contributed by atoms with Crippen molar-refractivity contribution in [1.29, 1.82) is 0 Å². The summed E-state index contributed by atoms with van der Waals surface area (Å²) >= 11 is 0. The molecule has 2 aromatic rings. The SMILES string of the molecule is O.O=C1[P]c2ccccc2-c2ccccc21. The number of hydrogen-bond donors (Lipinski definition) is 0. The number of hydrogen-bond acceptors (Lipinski definition) is 1. The van der Waals surface area contributed by atoms with Crippen LogP contribution in [0, 0.1) is 0 Å². The van der Waals surface area contributed by atoms with E-state index in [4.69, 9.17) is 0 Å². The first-order chi connectivity index (χ1) is 7.36. The lowest BCUT2D eigenvalue weighted by atomic mass is 10.00. The molecule has 3 rings (SSSR count). The van der Waals surface area contributed by atoms with E-state index in [1.165, 1.54) is 5.56 Å². The van der Waals surface area contributed by atoms with Crippen LogP contribution in [0.4, 0.5) is 0 Å². The number of carbonyl (C=O) groups is 1. The molecule has 0 fully saturated rings. The minimum atomic E-state index is 0. The van der Waals surface area contributed by atoms with Crippen molar-refractivity contribution in [2.75, 3.05) is 0 Å². The van der Waals surface area contributed by atoms with Gasteiger partial charge in [0.25, 0.3) is 0 Å². The summed E-state index contributed by atoms with van der Waals surface area (Å²) in [6, 6.07) is 15.9. The second-order valence-electron chi connectivity index (χ2n) is 3.48. The fourth-order valence-electron chi connectivity index (χ4n) is 1.87. The lowest BCUT2D eigenvalue weighted by molar-refractivity contribution is 0.108. The maximum Gasteiger partial charge on any atom is 0.194 e. The highest BCUT2D eigenvalue weighted by molar-refractivity contribution is 7.66. The van der Waals surface area contributed by atoms with Crippen molar-refractivity contribution in [2.45, 2.75) is 0 Å². The first kappa shape index (κ1) is 11.0. The Labute approximate surface area is 95.4 Å². The van der Waals surface area contributed by atoms with Crippen molar-refractivity contribution >= 4 is 19.4 Å². The highest BCUT2D eigenvalue weighted by atomic mass is 31.1. The standard InChI is InChI=1S/C13H8OP.H2O/c14-13-11-7-2-1-5-9(11)10-6-3-4-8-12(10)15-13;/h1-8H;1H2. The molecule has 1 heterocycles. The highest BCUT2D eigenvalue weighted by Gasteiger charge is 2.21. The van der Waals surface area contributed by atoms with Gasteiger partial charge in [0, 0.05) is 14.1 Å². The minimum Gasteiger partial charge on any atom is -0.412 e. The molecule has 0 spiro atoms. The van der Waals surface area contributed by atoms with Crippen LogP contribution in [-0.4, -0.2) is 11.0 Å². The summed E-state index contributed by atoms with van der Waals surface area (Å²) in [4.78, 5) is 11.8. The van der Waals surface area contributed by atoms with Crippen LogP contribution in [0.1, 0.15) is 10.4 Å². The van der Waals surface area contributed by atoms with Crippen LogP contribution in [0.3, 0.4) is 0 Å². The third kappa shape index (κ3) is 1.57. The van der Waals surface area contributed by atoms with Crippen molar-refractivity contribution in [2.24, 2.45) is 0 Å². The molecule has 1 aliphatic rings. The Kier molecular flexibility index (Phi) is 2.86. The Balaban J connectivity index is 0.000000963. The number of benzene rings is 2. The average molecular weight is 229 g/mol. The van der Waals surface area contributed by atoms with E-state index in [0.717, 1.165) is 25.0 Å². The molecule has 2 nitrogen and oxygen atoms in total. The van der Waals surface area contributed by atoms with E-state index < -0.39 is 0 Å². The van der Waals surface area contributed by atoms with E-state index in [0.29, 0.717) is 0 Å². The Hall–Kier alpha value is -1.50. The Morgan fingerprint density at radius 1 is 0.750 bits per heavy atom. The lowest BCUT2D eigenvalue weighted by Gasteiger charge is -2.17. The van der Waals surface area contributed by atoms with Gasteiger partial charge in [-0.3, -0.25) is 4.79 Å². The Morgan fingerprint density at radius 3 is 2.06 bits per heavy atom. The molecule has 0 aromatic heterocycles. The first-order valence-electron chi connectivity index (χ1n) is 4.81. The molecule has 0 atom stereocenters. The van der Waals surface area contributed by atoms with Gasteiger partial charge >= 0.3 is 0 Å². The van der Waals surface area contributed by atoms with Crippen LogP contribution in [0.2, 0.25) is 0 Å². The summed E-state index contributed by atoms with van der Waals surface area (Å²) in [5.41, 5.74) is 3.30. The quantitative estimate of drug-likeness (QED) is 0.639. The van der Waals surface area contributed by atoms with E-state index in [9.17, 15) is 4.79 Å². The molecule has 0 saturated carbocycles. The van der Waals surface area contributed by atoms with E-state index in [2.05, 4.69) is 6.07 Å². The van der Waals surface area contributed by atoms with Crippen LogP contribution in [0.15, 0.2) is 48.5 Å². The van der Waals surface area contributed by atoms with E-state index in [-0.39, 0.29) is 11.0 Å². The van der Waals surface area contributed by atoms with Gasteiger partial charge < -0.3 is 5.48 Å². The van der Waals surface area contributed by atoms with Crippen LogP contribution in [-0.2, 0) is 0 Å². The van der Waals surface area contributed by atoms with Crippen molar-refractivity contribution in [3.8, 4) is 11.1 Å². The van der Waals surface area contributed by atoms with Crippen molar-refractivity contribution in [1.82, 2.24) is 0 Å². The summed E-state index contributed by atoms with van der Waals surface area (Å²) in [5.74, 6) is 0. The molecule has 3 heteroatoms. The largest absolute Gasteiger partial charge is 0.412 e. The molecule has 0 amide bonds. The molecule has 1 radical (unpaired) electrons. The zero-order valence-corrected chi connectivity index (χ0v) is 9.37. The smallest absolute Gasteiger partial charge is 0.194 e. The molecule has 0 bridgehead atoms. The molecule has 0 unspecified atom stereocenters. The predicted octanol–water partition coefficient (Wildman–Crippen LogP) is 2.25. The fraction of sp³-hybridized carbons (Fsp3) is 0. The third-order valence-corrected chi connectivity index (χ3v) is 3.65. The Morgan fingerprint density at radius 2 is 1.31 bits per heavy atom. The molecule has 0 aliphatic carbocycles. The first-order valence-corrected chi connectivity index (χ1v) is 5.70. The van der Waals surface area contributed by atoms with Crippen molar-refractivity contribution in [3.63, 3.8) is 0 Å². The molecule has 2 N–H and O–H groups in total. The summed E-state index contributed by atoms with van der Waals surface area (Å²) in [6.07, 6.45) is 0. The monoisotopic (exact) mass is 229 g/mol. The van der Waals surface area contributed by atoms with E-state index >= 15 is 0 Å². The zero-order valence-electron chi connectivity index (χ0n) is 8.47. The maximum atomic E-state index is 11.8. The van der Waals surface area contributed by atoms with E-state index in [1.54, 1.807) is 0 Å². The van der Waals surface area contributed by atoms with Crippen molar-refractivity contribution in [3.05, 3.63) is 54.1 Å². The van der Waals surface area contributed by atoms with Gasteiger partial charge in [0.15, 0.2) is 5.52 Å². The zero-order chi connectivity index (χ0) is 10.3. The summed E-state index contributed by atoms with van der Waals surface area (Å²) in [5, 5.41) is 1.11. The van der Waals surface area contributed by atoms with Gasteiger partial charge in [-0.2, -0.15) is 0 Å². The van der Waals surface area contributed by atoms with Crippen molar-refractivity contribution < 1.29 is 10.3 Å². The summed E-state index contributed by atoms with van der Waals surface area (Å²) in [7, 11) is 0.795. The van der Waals surface area contributed by atoms with Crippen LogP contribution in [0.5, 0.6) is 0 Å². The van der Waals surface area contributed by atoms with Gasteiger partial charge in [0.2, 0.25) is 0 Å². The molecular formula is C13H10O2P. The fourth-order valence-corrected chi connectivity index (χ4v) is 2.88. The molecule has 79 valence electrons. The van der Waals surface area contributed by atoms with Gasteiger partial charge in [-0.05, 0) is 16.4 Å². The molecule has 1 aliphatic heterocycles. The van der Waals surface area contributed by atoms with E-state index in [1.807, 2.05) is 42.5 Å². The third-order valence-electron chi connectivity index (χ3n) is 2.57. The van der Waals surface area contributed by atoms with Crippen LogP contribution < -0.4 is 5.30 Å². The molecular weight excluding hydrogens is 219 g/mol. The normalized spacial score (nSPS) is 13.9. The highest BCUT2D eigenvalue weighted by Crippen LogP contribution is 2.35. The second kappa shape index (κ2) is 4.17. The van der Waals surface area contributed by atoms with Gasteiger partial charge in [-0.1, -0.05) is 48.5 Å². The summed E-state index contributed by atoms with van der Waals surface area (Å²) in [6.45, 7) is 0. The maximum absolute atomic E-state index is 11.8. The minimum absolute atomic E-state index is 0. The van der Waals surface area contributed by atoms with Gasteiger partial charge in [0.1, 0.15) is 0 Å². The molecule has 2 aromatic carbocycles. The predicted molar refractivity (Wildman–Crippen MR) is 66.4 cm³/mol. The Bertz CT molecular complexity index is 549. The topological polar surface area (TPSA) is 48.6 Å². The molecule has 16 heavy (non-hydrogen) atoms. The lowest BCUT2D eigenvalue weighted by Crippen LogP contribution is -2.11. The summed E-state index contributed by atoms with van der Waals surface area (Å²) < 4.78 is 0. The molecule has 0 saturated heterocycles. The number of carbonyl (C=O) groups excluding carboxylic acids is 1. The second-order valence-corrected chi connectivity index (χ2v) is 4.59. The average Bonchev–Trinajstić information content (AvgIpc) is 2.30.